The van der Waals surface area contributed by atoms with Crippen molar-refractivity contribution in [3.8, 4) is 0 Å². The molecule has 1 aliphatic rings. The Bertz CT molecular complexity index is 294. The van der Waals surface area contributed by atoms with E-state index in [-0.39, 0.29) is 5.92 Å². The molecule has 0 saturated heterocycles. The molecule has 2 heteroatoms. The maximum Gasteiger partial charge on any atom is 0.163 e. The van der Waals surface area contributed by atoms with Crippen LogP contribution in [0.3, 0.4) is 0 Å². The predicted molar refractivity (Wildman–Crippen MR) is 89.0 cm³/mol. The molecule has 0 saturated carbocycles. The highest BCUT2D eigenvalue weighted by Crippen LogP contribution is 2.32. The molecular weight excluding hydrogens is 268 g/mol. The lowest BCUT2D eigenvalue weighted by molar-refractivity contribution is 0.125. The molecule has 2 unspecified atom stereocenters. The van der Waals surface area contributed by atoms with Crippen LogP contribution >= 0.6 is 11.6 Å². The molecule has 0 radical (unpaired) electrons. The van der Waals surface area contributed by atoms with Crippen LogP contribution in [0.4, 0.5) is 0 Å². The molecule has 2 atom stereocenters. The van der Waals surface area contributed by atoms with Gasteiger partial charge >= 0.3 is 0 Å². The molecule has 0 aliphatic heterocycles. The van der Waals surface area contributed by atoms with E-state index in [2.05, 4.69) is 6.92 Å². The second-order valence-electron chi connectivity index (χ2n) is 6.05. The first kappa shape index (κ1) is 17.8. The normalized spacial score (nSPS) is 25.2. The fourth-order valence-corrected chi connectivity index (χ4v) is 3.05. The van der Waals surface area contributed by atoms with Crippen LogP contribution in [0.25, 0.3) is 0 Å². The number of halogens is 1. The third-order valence-corrected chi connectivity index (χ3v) is 4.58. The number of hydrogen-bond donors (Lipinski definition) is 1. The van der Waals surface area contributed by atoms with Gasteiger partial charge in [-0.1, -0.05) is 101 Å². The number of unbranched alkanes of at least 4 members (excludes halogenated alkanes) is 9. The first-order chi connectivity index (χ1) is 9.67. The average molecular weight is 299 g/mol. The van der Waals surface area contributed by atoms with Gasteiger partial charge in [0, 0.05) is 5.92 Å². The molecule has 1 aliphatic carbocycles. The van der Waals surface area contributed by atoms with Crippen molar-refractivity contribution < 1.29 is 5.11 Å². The van der Waals surface area contributed by atoms with E-state index in [1.165, 1.54) is 57.8 Å². The fraction of sp³-hybridized carbons (Fsp3) is 0.778. The van der Waals surface area contributed by atoms with Crippen LogP contribution in [0.5, 0.6) is 0 Å². The second kappa shape index (κ2) is 10.5. The molecule has 1 nitrogen and oxygen atoms in total. The maximum atomic E-state index is 10.0. The first-order valence-corrected chi connectivity index (χ1v) is 8.82. The second-order valence-corrected chi connectivity index (χ2v) is 6.65. The monoisotopic (exact) mass is 298 g/mol. The lowest BCUT2D eigenvalue weighted by atomic mass is 9.91. The lowest BCUT2D eigenvalue weighted by Crippen LogP contribution is -2.29. The Kier molecular flexibility index (Phi) is 9.30. The minimum Gasteiger partial charge on any atom is -0.371 e. The van der Waals surface area contributed by atoms with Crippen molar-refractivity contribution in [3.05, 3.63) is 24.3 Å². The van der Waals surface area contributed by atoms with Crippen molar-refractivity contribution in [3.63, 3.8) is 0 Å². The van der Waals surface area contributed by atoms with Gasteiger partial charge in [-0.25, -0.2) is 0 Å². The SMILES string of the molecule is CCCCCCCCCCCCC1C=CC=CC1(O)Cl. The molecule has 0 aromatic heterocycles. The molecule has 0 fully saturated rings. The van der Waals surface area contributed by atoms with Crippen molar-refractivity contribution in [1.82, 2.24) is 0 Å². The van der Waals surface area contributed by atoms with E-state index in [4.69, 9.17) is 11.6 Å². The zero-order valence-electron chi connectivity index (χ0n) is 13.0. The molecule has 0 heterocycles. The minimum atomic E-state index is -1.16. The van der Waals surface area contributed by atoms with E-state index >= 15 is 0 Å². The summed E-state index contributed by atoms with van der Waals surface area (Å²) in [7, 11) is 0. The topological polar surface area (TPSA) is 20.2 Å². The van der Waals surface area contributed by atoms with Crippen molar-refractivity contribution in [2.24, 2.45) is 5.92 Å². The smallest absolute Gasteiger partial charge is 0.163 e. The number of aliphatic hydroxyl groups is 1. The Hall–Kier alpha value is -0.270. The standard InChI is InChI=1S/C18H31ClO/c1-2-3-4-5-6-7-8-9-10-11-14-17-15-12-13-16-18(17,19)20/h12-13,15-17,20H,2-11,14H2,1H3. The van der Waals surface area contributed by atoms with E-state index in [9.17, 15) is 5.11 Å². The Morgan fingerprint density at radius 1 is 0.900 bits per heavy atom. The van der Waals surface area contributed by atoms with Crippen molar-refractivity contribution in [2.45, 2.75) is 82.6 Å². The summed E-state index contributed by atoms with van der Waals surface area (Å²) in [6.07, 6.45) is 21.9. The van der Waals surface area contributed by atoms with Crippen LogP contribution in [-0.4, -0.2) is 10.2 Å². The van der Waals surface area contributed by atoms with E-state index < -0.39 is 5.06 Å². The molecule has 0 bridgehead atoms. The van der Waals surface area contributed by atoms with Gasteiger partial charge in [-0.05, 0) is 12.5 Å². The highest BCUT2D eigenvalue weighted by atomic mass is 35.5. The van der Waals surface area contributed by atoms with Gasteiger partial charge < -0.3 is 5.11 Å². The van der Waals surface area contributed by atoms with Crippen LogP contribution in [0.15, 0.2) is 24.3 Å². The summed E-state index contributed by atoms with van der Waals surface area (Å²) in [4.78, 5) is 0. The van der Waals surface area contributed by atoms with Gasteiger partial charge in [-0.2, -0.15) is 0 Å². The van der Waals surface area contributed by atoms with Gasteiger partial charge in [-0.15, -0.1) is 0 Å². The minimum absolute atomic E-state index is 0.0724. The van der Waals surface area contributed by atoms with Crippen LogP contribution in [-0.2, 0) is 0 Å². The van der Waals surface area contributed by atoms with Crippen LogP contribution in [0, 0.1) is 5.92 Å². The summed E-state index contributed by atoms with van der Waals surface area (Å²) < 4.78 is 0. The summed E-state index contributed by atoms with van der Waals surface area (Å²) in [6, 6.07) is 0. The van der Waals surface area contributed by atoms with Crippen LogP contribution in [0.2, 0.25) is 0 Å². The number of alkyl halides is 1. The first-order valence-electron chi connectivity index (χ1n) is 8.44. The molecule has 0 aromatic carbocycles. The third-order valence-electron chi connectivity index (χ3n) is 4.17. The summed E-state index contributed by atoms with van der Waals surface area (Å²) in [5.41, 5.74) is 0. The summed E-state index contributed by atoms with van der Waals surface area (Å²) in [6.45, 7) is 2.26. The average Bonchev–Trinajstić information content (AvgIpc) is 2.42. The molecule has 0 spiro atoms. The molecule has 116 valence electrons. The van der Waals surface area contributed by atoms with Gasteiger partial charge in [0.15, 0.2) is 5.06 Å². The van der Waals surface area contributed by atoms with E-state index in [1.54, 1.807) is 6.08 Å². The third kappa shape index (κ3) is 7.50. The van der Waals surface area contributed by atoms with E-state index in [0.29, 0.717) is 0 Å². The lowest BCUT2D eigenvalue weighted by Gasteiger charge is -2.27. The Morgan fingerprint density at radius 2 is 1.45 bits per heavy atom. The molecule has 0 aromatic rings. The van der Waals surface area contributed by atoms with Crippen molar-refractivity contribution in [1.29, 1.82) is 0 Å². The molecular formula is C18H31ClO. The van der Waals surface area contributed by atoms with Gasteiger partial charge in [0.1, 0.15) is 0 Å². The summed E-state index contributed by atoms with van der Waals surface area (Å²) >= 11 is 6.08. The Balaban J connectivity index is 1.92. The maximum absolute atomic E-state index is 10.0. The largest absolute Gasteiger partial charge is 0.371 e. The number of allylic oxidation sites excluding steroid dienone is 2. The highest BCUT2D eigenvalue weighted by molar-refractivity contribution is 6.24. The van der Waals surface area contributed by atoms with Crippen molar-refractivity contribution >= 4 is 11.6 Å². The molecule has 0 amide bonds. The number of rotatable bonds is 11. The van der Waals surface area contributed by atoms with Crippen molar-refractivity contribution in [2.75, 3.05) is 0 Å². The Labute approximate surface area is 130 Å². The van der Waals surface area contributed by atoms with Gasteiger partial charge in [0.25, 0.3) is 0 Å². The molecule has 20 heavy (non-hydrogen) atoms. The van der Waals surface area contributed by atoms with Crippen LogP contribution in [0.1, 0.15) is 77.6 Å². The summed E-state index contributed by atoms with van der Waals surface area (Å²) in [5.74, 6) is 0.0724. The highest BCUT2D eigenvalue weighted by Gasteiger charge is 2.30. The van der Waals surface area contributed by atoms with Gasteiger partial charge in [0.2, 0.25) is 0 Å². The van der Waals surface area contributed by atoms with Gasteiger partial charge in [-0.3, -0.25) is 0 Å². The van der Waals surface area contributed by atoms with E-state index in [1.807, 2.05) is 18.2 Å². The zero-order chi connectivity index (χ0) is 14.7. The molecule has 1 rings (SSSR count). The quantitative estimate of drug-likeness (QED) is 0.368. The van der Waals surface area contributed by atoms with E-state index in [0.717, 1.165) is 12.8 Å². The number of hydrogen-bond acceptors (Lipinski definition) is 1. The zero-order valence-corrected chi connectivity index (χ0v) is 13.7. The predicted octanol–water partition coefficient (Wildman–Crippen LogP) is 5.97. The van der Waals surface area contributed by atoms with Gasteiger partial charge in [0.05, 0.1) is 0 Å². The molecule has 1 N–H and O–H groups in total. The summed E-state index contributed by atoms with van der Waals surface area (Å²) in [5, 5.41) is 8.85. The fourth-order valence-electron chi connectivity index (χ4n) is 2.80. The van der Waals surface area contributed by atoms with Crippen LogP contribution < -0.4 is 0 Å². The Morgan fingerprint density at radius 3 is 2.00 bits per heavy atom.